The SMILES string of the molecule is CCCCCCCCCCCC(=O)OCC1O[C@@H](O[C@@]2(CCl)O[C@@H](CCl)[C@@H](O)C2O)C(O)[C@@H](O)[C@H]1Cl. The molecule has 9 nitrogen and oxygen atoms in total. The number of carbonyl (C=O) groups is 1. The molecular formula is C24H41Cl3O9. The van der Waals surface area contributed by atoms with Crippen molar-refractivity contribution in [1.82, 2.24) is 0 Å². The normalized spacial score (nSPS) is 36.8. The summed E-state index contributed by atoms with van der Waals surface area (Å²) >= 11 is 18.0. The summed E-state index contributed by atoms with van der Waals surface area (Å²) in [6.07, 6.45) is 0.821. The highest BCUT2D eigenvalue weighted by molar-refractivity contribution is 6.21. The molecular weight excluding hydrogens is 539 g/mol. The van der Waals surface area contributed by atoms with Gasteiger partial charge in [0.25, 0.3) is 0 Å². The molecule has 2 aliphatic rings. The fourth-order valence-corrected chi connectivity index (χ4v) is 5.18. The van der Waals surface area contributed by atoms with Crippen molar-refractivity contribution in [2.45, 2.75) is 125 Å². The number of unbranched alkanes of at least 4 members (excludes halogenated alkanes) is 8. The van der Waals surface area contributed by atoms with Crippen LogP contribution in [0.1, 0.15) is 71.1 Å². The summed E-state index contributed by atoms with van der Waals surface area (Å²) in [5, 5.41) is 40.3. The summed E-state index contributed by atoms with van der Waals surface area (Å²) in [6, 6.07) is 0. The second kappa shape index (κ2) is 16.2. The van der Waals surface area contributed by atoms with Crippen LogP contribution >= 0.6 is 34.8 Å². The van der Waals surface area contributed by atoms with E-state index >= 15 is 0 Å². The molecule has 3 unspecified atom stereocenters. The fourth-order valence-electron chi connectivity index (χ4n) is 4.37. The second-order valence-electron chi connectivity index (χ2n) is 9.54. The predicted octanol–water partition coefficient (Wildman–Crippen LogP) is 2.82. The van der Waals surface area contributed by atoms with E-state index in [9.17, 15) is 25.2 Å². The van der Waals surface area contributed by atoms with Crippen molar-refractivity contribution >= 4 is 40.8 Å². The minimum Gasteiger partial charge on any atom is -0.463 e. The van der Waals surface area contributed by atoms with Crippen LogP contribution in [0, 0.1) is 0 Å². The molecule has 36 heavy (non-hydrogen) atoms. The van der Waals surface area contributed by atoms with E-state index in [4.69, 9.17) is 53.8 Å². The number of carbonyl (C=O) groups excluding carboxylic acids is 1. The molecule has 2 fully saturated rings. The molecule has 2 aliphatic heterocycles. The van der Waals surface area contributed by atoms with E-state index in [2.05, 4.69) is 6.92 Å². The summed E-state index contributed by atoms with van der Waals surface area (Å²) in [5.74, 6) is -2.92. The smallest absolute Gasteiger partial charge is 0.305 e. The Morgan fingerprint density at radius 3 is 2.06 bits per heavy atom. The Bertz CT molecular complexity index is 646. The monoisotopic (exact) mass is 578 g/mol. The highest BCUT2D eigenvalue weighted by Crippen LogP contribution is 2.38. The van der Waals surface area contributed by atoms with Crippen LogP contribution in [-0.4, -0.2) is 98.8 Å². The van der Waals surface area contributed by atoms with Gasteiger partial charge < -0.3 is 39.4 Å². The maximum atomic E-state index is 12.2. The molecule has 0 aliphatic carbocycles. The molecule has 0 aromatic carbocycles. The van der Waals surface area contributed by atoms with Crippen LogP contribution in [-0.2, 0) is 23.7 Å². The lowest BCUT2D eigenvalue weighted by atomic mass is 10.0. The Labute approximate surface area is 228 Å². The van der Waals surface area contributed by atoms with Crippen molar-refractivity contribution in [3.8, 4) is 0 Å². The molecule has 0 spiro atoms. The zero-order valence-electron chi connectivity index (χ0n) is 20.8. The first-order valence-electron chi connectivity index (χ1n) is 12.9. The maximum Gasteiger partial charge on any atom is 0.305 e. The van der Waals surface area contributed by atoms with Crippen LogP contribution in [0.15, 0.2) is 0 Å². The van der Waals surface area contributed by atoms with Gasteiger partial charge in [0, 0.05) is 6.42 Å². The molecule has 2 saturated heterocycles. The number of aliphatic hydroxyl groups excluding tert-OH is 4. The average Bonchev–Trinajstić information content (AvgIpc) is 3.12. The molecule has 9 atom stereocenters. The first kappa shape index (κ1) is 32.3. The van der Waals surface area contributed by atoms with Crippen molar-refractivity contribution in [1.29, 1.82) is 0 Å². The van der Waals surface area contributed by atoms with Crippen LogP contribution in [0.3, 0.4) is 0 Å². The third-order valence-corrected chi connectivity index (χ3v) is 7.89. The van der Waals surface area contributed by atoms with Gasteiger partial charge in [-0.05, 0) is 6.42 Å². The van der Waals surface area contributed by atoms with Gasteiger partial charge in [-0.25, -0.2) is 0 Å². The third kappa shape index (κ3) is 8.79. The molecule has 2 rings (SSSR count). The Hall–Kier alpha value is 0.0600. The van der Waals surface area contributed by atoms with Gasteiger partial charge in [0.2, 0.25) is 5.79 Å². The highest BCUT2D eigenvalue weighted by Gasteiger charge is 2.58. The lowest BCUT2D eigenvalue weighted by molar-refractivity contribution is -0.357. The summed E-state index contributed by atoms with van der Waals surface area (Å²) in [7, 11) is 0. The van der Waals surface area contributed by atoms with Crippen LogP contribution in [0.5, 0.6) is 0 Å². The number of halogens is 3. The van der Waals surface area contributed by atoms with Crippen LogP contribution in [0.25, 0.3) is 0 Å². The van der Waals surface area contributed by atoms with Gasteiger partial charge in [-0.2, -0.15) is 0 Å². The predicted molar refractivity (Wildman–Crippen MR) is 135 cm³/mol. The minimum absolute atomic E-state index is 0.141. The van der Waals surface area contributed by atoms with Gasteiger partial charge in [0.05, 0.1) is 17.1 Å². The zero-order valence-corrected chi connectivity index (χ0v) is 23.0. The molecule has 4 N–H and O–H groups in total. The standard InChI is InChI=1S/C24H41Cl3O9/c1-2-3-4-5-6-7-8-9-10-11-17(28)33-13-16-18(27)20(30)21(31)23(34-16)36-24(14-26)22(32)19(29)15(12-25)35-24/h15-16,18-23,29-32H,2-14H2,1H3/t15-,16?,18-,19+,20-,21?,22?,23-,24+/m0/s1. The van der Waals surface area contributed by atoms with Crippen LogP contribution < -0.4 is 0 Å². The number of aliphatic hydroxyl groups is 4. The van der Waals surface area contributed by atoms with E-state index in [0.717, 1.165) is 19.3 Å². The van der Waals surface area contributed by atoms with Crippen LogP contribution in [0.4, 0.5) is 0 Å². The highest BCUT2D eigenvalue weighted by atomic mass is 35.5. The first-order chi connectivity index (χ1) is 17.2. The Morgan fingerprint density at radius 1 is 0.889 bits per heavy atom. The van der Waals surface area contributed by atoms with Crippen molar-refractivity contribution in [3.63, 3.8) is 0 Å². The number of ether oxygens (including phenoxy) is 4. The Kier molecular flexibility index (Phi) is 14.5. The number of hydrogen-bond acceptors (Lipinski definition) is 9. The second-order valence-corrected chi connectivity index (χ2v) is 10.6. The van der Waals surface area contributed by atoms with Gasteiger partial charge in [0.1, 0.15) is 43.2 Å². The van der Waals surface area contributed by atoms with E-state index < -0.39 is 65.9 Å². The summed E-state index contributed by atoms with van der Waals surface area (Å²) in [6.45, 7) is 1.93. The minimum atomic E-state index is -1.94. The van der Waals surface area contributed by atoms with E-state index in [1.165, 1.54) is 32.1 Å². The largest absolute Gasteiger partial charge is 0.463 e. The van der Waals surface area contributed by atoms with E-state index in [1.54, 1.807) is 0 Å². The van der Waals surface area contributed by atoms with E-state index in [1.807, 2.05) is 0 Å². The van der Waals surface area contributed by atoms with Crippen molar-refractivity contribution in [2.75, 3.05) is 18.4 Å². The number of hydrogen-bond donors (Lipinski definition) is 4. The van der Waals surface area contributed by atoms with Crippen molar-refractivity contribution in [2.24, 2.45) is 0 Å². The van der Waals surface area contributed by atoms with Gasteiger partial charge in [-0.15, -0.1) is 34.8 Å². The Balaban J connectivity index is 1.80. The van der Waals surface area contributed by atoms with Crippen LogP contribution in [0.2, 0.25) is 0 Å². The molecule has 0 aromatic heterocycles. The summed E-state index contributed by atoms with van der Waals surface area (Å²) < 4.78 is 22.1. The summed E-state index contributed by atoms with van der Waals surface area (Å²) in [5.41, 5.74) is 0. The molecule has 0 saturated carbocycles. The molecule has 2 heterocycles. The molecule has 0 amide bonds. The lowest BCUT2D eigenvalue weighted by Crippen LogP contribution is -2.61. The van der Waals surface area contributed by atoms with E-state index in [-0.39, 0.29) is 18.9 Å². The van der Waals surface area contributed by atoms with Crippen molar-refractivity contribution < 1.29 is 44.2 Å². The number of esters is 1. The average molecular weight is 580 g/mol. The summed E-state index contributed by atoms with van der Waals surface area (Å²) in [4.78, 5) is 12.2. The van der Waals surface area contributed by atoms with E-state index in [0.29, 0.717) is 6.42 Å². The molecule has 0 radical (unpaired) electrons. The quantitative estimate of drug-likeness (QED) is 0.124. The third-order valence-electron chi connectivity index (χ3n) is 6.67. The first-order valence-corrected chi connectivity index (χ1v) is 14.4. The molecule has 0 aromatic rings. The van der Waals surface area contributed by atoms with Gasteiger partial charge >= 0.3 is 5.97 Å². The van der Waals surface area contributed by atoms with Gasteiger partial charge in [0.15, 0.2) is 6.29 Å². The molecule has 12 heteroatoms. The number of rotatable bonds is 16. The van der Waals surface area contributed by atoms with Gasteiger partial charge in [-0.1, -0.05) is 58.3 Å². The molecule has 212 valence electrons. The Morgan fingerprint density at radius 2 is 1.50 bits per heavy atom. The zero-order chi connectivity index (χ0) is 26.7. The van der Waals surface area contributed by atoms with Crippen molar-refractivity contribution in [3.05, 3.63) is 0 Å². The number of alkyl halides is 3. The fraction of sp³-hybridized carbons (Fsp3) is 0.958. The lowest BCUT2D eigenvalue weighted by Gasteiger charge is -2.43. The molecule has 0 bridgehead atoms. The van der Waals surface area contributed by atoms with Gasteiger partial charge in [-0.3, -0.25) is 4.79 Å². The maximum absolute atomic E-state index is 12.2. The topological polar surface area (TPSA) is 135 Å².